The fraction of sp³-hybridized carbons (Fsp3) is 0.258. The van der Waals surface area contributed by atoms with E-state index < -0.39 is 6.04 Å². The normalized spacial score (nSPS) is 14.5. The third-order valence-electron chi connectivity index (χ3n) is 6.69. The molecule has 1 amide bonds. The first-order valence-corrected chi connectivity index (χ1v) is 14.6. The van der Waals surface area contributed by atoms with E-state index in [4.69, 9.17) is 26.4 Å². The first kappa shape index (κ1) is 27.8. The molecule has 0 aliphatic carbocycles. The Morgan fingerprint density at radius 1 is 1.10 bits per heavy atom. The highest BCUT2D eigenvalue weighted by Crippen LogP contribution is 2.38. The number of carbonyl (C=O) groups excluding carboxylic acids is 1. The monoisotopic (exact) mass is 573 g/mol. The van der Waals surface area contributed by atoms with Gasteiger partial charge < -0.3 is 15.4 Å². The van der Waals surface area contributed by atoms with E-state index in [9.17, 15) is 4.79 Å². The number of carbonyl (C=O) groups is 1. The van der Waals surface area contributed by atoms with Crippen LogP contribution in [0.1, 0.15) is 48.6 Å². The average Bonchev–Trinajstić information content (AvgIpc) is 3.34. The number of nitrogens with one attached hydrogen (secondary N) is 2. The number of rotatable bonds is 9. The van der Waals surface area contributed by atoms with Gasteiger partial charge in [0.1, 0.15) is 11.8 Å². The van der Waals surface area contributed by atoms with Crippen molar-refractivity contribution in [1.82, 2.24) is 14.8 Å². The Balaban J connectivity index is 1.49. The van der Waals surface area contributed by atoms with E-state index in [0.29, 0.717) is 34.1 Å². The molecule has 0 saturated heterocycles. The molecule has 1 aromatic heterocycles. The molecule has 0 saturated carbocycles. The van der Waals surface area contributed by atoms with Gasteiger partial charge in [-0.1, -0.05) is 78.3 Å². The first-order chi connectivity index (χ1) is 19.3. The summed E-state index contributed by atoms with van der Waals surface area (Å²) in [5.41, 5.74) is 6.13. The number of aryl methyl sites for hydroxylation is 2. The second-order valence-electron chi connectivity index (χ2n) is 9.80. The Kier molecular flexibility index (Phi) is 8.47. The second-order valence-corrected chi connectivity index (χ2v) is 11.1. The van der Waals surface area contributed by atoms with Crippen LogP contribution >= 0.6 is 23.4 Å². The molecule has 9 heteroatoms. The van der Waals surface area contributed by atoms with Crippen molar-refractivity contribution in [2.24, 2.45) is 0 Å². The number of hydrogen-bond acceptors (Lipinski definition) is 6. The van der Waals surface area contributed by atoms with Gasteiger partial charge in [0.2, 0.25) is 11.1 Å². The van der Waals surface area contributed by atoms with Crippen LogP contribution in [0.5, 0.6) is 5.75 Å². The van der Waals surface area contributed by atoms with Crippen LogP contribution in [0.4, 0.5) is 11.6 Å². The predicted octanol–water partition coefficient (Wildman–Crippen LogP) is 7.56. The summed E-state index contributed by atoms with van der Waals surface area (Å²) in [5.74, 6) is 1.80. The Hall–Kier alpha value is -3.75. The van der Waals surface area contributed by atoms with E-state index in [1.807, 2.05) is 81.4 Å². The van der Waals surface area contributed by atoms with Crippen LogP contribution in [-0.2, 0) is 10.5 Å². The lowest BCUT2D eigenvalue weighted by molar-refractivity contribution is -0.113. The Morgan fingerprint density at radius 3 is 2.60 bits per heavy atom. The minimum absolute atomic E-state index is 0.195. The van der Waals surface area contributed by atoms with Gasteiger partial charge in [-0.3, -0.25) is 4.79 Å². The van der Waals surface area contributed by atoms with Gasteiger partial charge in [0.05, 0.1) is 12.2 Å². The molecule has 2 heterocycles. The molecule has 4 aromatic rings. The van der Waals surface area contributed by atoms with Crippen LogP contribution in [0, 0.1) is 13.8 Å². The van der Waals surface area contributed by atoms with Crippen molar-refractivity contribution in [2.45, 2.75) is 51.1 Å². The molecule has 0 spiro atoms. The van der Waals surface area contributed by atoms with Crippen LogP contribution in [0.3, 0.4) is 0 Å². The van der Waals surface area contributed by atoms with E-state index in [-0.39, 0.29) is 5.91 Å². The quantitative estimate of drug-likeness (QED) is 0.201. The molecule has 1 unspecified atom stereocenters. The molecule has 2 N–H and O–H groups in total. The van der Waals surface area contributed by atoms with Crippen molar-refractivity contribution in [2.75, 3.05) is 17.2 Å². The topological polar surface area (TPSA) is 81.1 Å². The molecule has 1 atom stereocenters. The molecule has 1 aliphatic heterocycles. The van der Waals surface area contributed by atoms with Crippen LogP contribution in [0.25, 0.3) is 0 Å². The number of nitrogens with zero attached hydrogens (tertiary/aromatic N) is 3. The number of hydrogen-bond donors (Lipinski definition) is 2. The Labute approximate surface area is 244 Å². The molecule has 40 heavy (non-hydrogen) atoms. The summed E-state index contributed by atoms with van der Waals surface area (Å²) in [6, 6.07) is 21.1. The number of aromatic nitrogens is 3. The lowest BCUT2D eigenvalue weighted by Gasteiger charge is -2.29. The highest BCUT2D eigenvalue weighted by molar-refractivity contribution is 7.98. The van der Waals surface area contributed by atoms with Crippen molar-refractivity contribution in [1.29, 1.82) is 0 Å². The molecule has 0 fully saturated rings. The summed E-state index contributed by atoms with van der Waals surface area (Å²) in [6.45, 7) is 8.65. The van der Waals surface area contributed by atoms with E-state index in [2.05, 4.69) is 23.6 Å². The minimum Gasteiger partial charge on any atom is -0.494 e. The number of allylic oxidation sites excluding steroid dienone is 1. The van der Waals surface area contributed by atoms with E-state index >= 15 is 0 Å². The SMILES string of the molecule is CCCOc1ccc(C2C(C(=O)Nc3ccc(C)cc3C)=C(C)Nc3nc(SCc4ccccc4Cl)nn32)cc1. The number of ether oxygens (including phenoxy) is 1. The van der Waals surface area contributed by atoms with Gasteiger partial charge >= 0.3 is 0 Å². The first-order valence-electron chi connectivity index (χ1n) is 13.3. The fourth-order valence-electron chi connectivity index (χ4n) is 4.66. The lowest BCUT2D eigenvalue weighted by Crippen LogP contribution is -2.31. The van der Waals surface area contributed by atoms with Crippen LogP contribution in [-0.4, -0.2) is 27.3 Å². The van der Waals surface area contributed by atoms with Gasteiger partial charge in [-0.05, 0) is 68.1 Å². The van der Waals surface area contributed by atoms with Gasteiger partial charge in [0, 0.05) is 22.2 Å². The molecule has 0 radical (unpaired) electrons. The zero-order valence-corrected chi connectivity index (χ0v) is 24.6. The fourth-order valence-corrected chi connectivity index (χ4v) is 5.78. The molecule has 206 valence electrons. The smallest absolute Gasteiger partial charge is 0.255 e. The van der Waals surface area contributed by atoms with E-state index in [1.165, 1.54) is 11.8 Å². The number of benzene rings is 3. The molecule has 3 aromatic carbocycles. The zero-order chi connectivity index (χ0) is 28.2. The maximum absolute atomic E-state index is 13.9. The standard InChI is InChI=1S/C31H32ClN5O2S/c1-5-16-39-24-13-11-22(12-14-24)28-27(29(38)34-26-15-10-19(2)17-20(26)3)21(4)33-30-35-31(36-37(28)30)40-18-23-8-6-7-9-25(23)32/h6-15,17,28H,5,16,18H2,1-4H3,(H,34,38)(H,33,35,36). The highest BCUT2D eigenvalue weighted by Gasteiger charge is 2.34. The zero-order valence-electron chi connectivity index (χ0n) is 23.0. The van der Waals surface area contributed by atoms with Gasteiger partial charge in [-0.15, -0.1) is 5.10 Å². The van der Waals surface area contributed by atoms with E-state index in [1.54, 1.807) is 4.68 Å². The summed E-state index contributed by atoms with van der Waals surface area (Å²) in [7, 11) is 0. The average molecular weight is 574 g/mol. The molecule has 7 nitrogen and oxygen atoms in total. The number of amides is 1. The van der Waals surface area contributed by atoms with E-state index in [0.717, 1.165) is 45.8 Å². The third kappa shape index (κ3) is 6.03. The Bertz CT molecular complexity index is 1560. The van der Waals surface area contributed by atoms with Crippen molar-refractivity contribution >= 4 is 40.9 Å². The number of fused-ring (bicyclic) bond motifs is 1. The summed E-state index contributed by atoms with van der Waals surface area (Å²) in [5, 5.41) is 12.6. The number of anilines is 2. The van der Waals surface area contributed by atoms with Crippen molar-refractivity contribution in [3.63, 3.8) is 0 Å². The maximum Gasteiger partial charge on any atom is 0.255 e. The summed E-state index contributed by atoms with van der Waals surface area (Å²) in [4.78, 5) is 18.6. The predicted molar refractivity (Wildman–Crippen MR) is 162 cm³/mol. The van der Waals surface area contributed by atoms with Gasteiger partial charge in [0.15, 0.2) is 0 Å². The number of thioether (sulfide) groups is 1. The summed E-state index contributed by atoms with van der Waals surface area (Å²) < 4.78 is 7.59. The van der Waals surface area contributed by atoms with Crippen LogP contribution < -0.4 is 15.4 Å². The van der Waals surface area contributed by atoms with Crippen molar-refractivity contribution < 1.29 is 9.53 Å². The summed E-state index contributed by atoms with van der Waals surface area (Å²) >= 11 is 7.87. The molecule has 1 aliphatic rings. The lowest BCUT2D eigenvalue weighted by atomic mass is 9.94. The molecule has 0 bridgehead atoms. The maximum atomic E-state index is 13.9. The van der Waals surface area contributed by atoms with Gasteiger partial charge in [-0.2, -0.15) is 4.98 Å². The molecular formula is C31H32ClN5O2S. The summed E-state index contributed by atoms with van der Waals surface area (Å²) in [6.07, 6.45) is 0.928. The minimum atomic E-state index is -0.482. The number of halogens is 1. The molecular weight excluding hydrogens is 542 g/mol. The third-order valence-corrected chi connectivity index (χ3v) is 7.95. The van der Waals surface area contributed by atoms with Gasteiger partial charge in [-0.25, -0.2) is 4.68 Å². The molecule has 5 rings (SSSR count). The van der Waals surface area contributed by atoms with Crippen molar-refractivity contribution in [3.05, 3.63) is 105 Å². The largest absolute Gasteiger partial charge is 0.494 e. The van der Waals surface area contributed by atoms with Crippen molar-refractivity contribution in [3.8, 4) is 5.75 Å². The van der Waals surface area contributed by atoms with Crippen LogP contribution in [0.15, 0.2) is 83.2 Å². The van der Waals surface area contributed by atoms with Crippen LogP contribution in [0.2, 0.25) is 5.02 Å². The highest BCUT2D eigenvalue weighted by atomic mass is 35.5. The van der Waals surface area contributed by atoms with Gasteiger partial charge in [0.25, 0.3) is 5.91 Å². The second kappa shape index (κ2) is 12.2. The Morgan fingerprint density at radius 2 is 1.88 bits per heavy atom.